The van der Waals surface area contributed by atoms with Gasteiger partial charge in [0, 0.05) is 56.3 Å². The molecule has 0 aromatic heterocycles. The second kappa shape index (κ2) is 12.4. The first-order valence-corrected chi connectivity index (χ1v) is 17.9. The average molecular weight is 591 g/mol. The lowest BCUT2D eigenvalue weighted by Gasteiger charge is -2.49. The second-order valence-electron chi connectivity index (χ2n) is 15.1. The van der Waals surface area contributed by atoms with Crippen LogP contribution in [0.1, 0.15) is 125 Å². The molecule has 4 saturated carbocycles. The number of nitrogens with one attached hydrogen (secondary N) is 1. The molecule has 2 N–H and O–H groups in total. The molecule has 236 valence electrons. The Morgan fingerprint density at radius 1 is 0.791 bits per heavy atom. The number of nitrogens with zero attached hydrogens (tertiary/aromatic N) is 3. The number of carbonyl (C=O) groups is 2. The molecule has 0 bridgehead atoms. The molecule has 2 aliphatic heterocycles. The number of piperazine rings is 1. The molecule has 1 aromatic carbocycles. The van der Waals surface area contributed by atoms with Crippen molar-refractivity contribution in [2.75, 3.05) is 39.3 Å². The van der Waals surface area contributed by atoms with Crippen LogP contribution in [0.4, 0.5) is 0 Å². The lowest BCUT2D eigenvalue weighted by atomic mass is 9.58. The molecule has 6 fully saturated rings. The van der Waals surface area contributed by atoms with Gasteiger partial charge < -0.3 is 14.9 Å². The van der Waals surface area contributed by atoms with Crippen molar-refractivity contribution in [2.24, 2.45) is 17.3 Å². The van der Waals surface area contributed by atoms with Gasteiger partial charge in [0.15, 0.2) is 0 Å². The second-order valence-corrected chi connectivity index (χ2v) is 15.1. The highest BCUT2D eigenvalue weighted by atomic mass is 16.3. The zero-order chi connectivity index (χ0) is 29.4. The number of aliphatic hydroxyl groups is 1. The largest absolute Gasteiger partial charge is 0.380 e. The van der Waals surface area contributed by atoms with Crippen LogP contribution >= 0.6 is 0 Å². The predicted molar refractivity (Wildman–Crippen MR) is 168 cm³/mol. The molecule has 43 heavy (non-hydrogen) atoms. The van der Waals surface area contributed by atoms with Gasteiger partial charge in [-0.15, -0.1) is 0 Å². The van der Waals surface area contributed by atoms with E-state index in [2.05, 4.69) is 22.6 Å². The number of hydrogen-bond acceptors (Lipinski definition) is 5. The van der Waals surface area contributed by atoms with Gasteiger partial charge in [-0.3, -0.25) is 15.0 Å². The van der Waals surface area contributed by atoms with E-state index in [0.29, 0.717) is 56.4 Å². The molecule has 2 amide bonds. The first kappa shape index (κ1) is 29.7. The molecule has 3 unspecified atom stereocenters. The molecule has 4 aliphatic carbocycles. The molecular formula is C36H54N4O3. The number of rotatable bonds is 6. The molecule has 7 heteroatoms. The monoisotopic (exact) mass is 590 g/mol. The fourth-order valence-electron chi connectivity index (χ4n) is 9.33. The topological polar surface area (TPSA) is 76.1 Å². The van der Waals surface area contributed by atoms with Gasteiger partial charge in [0.1, 0.15) is 5.60 Å². The SMILES string of the molecule is O=C(c1ccc(C2CCC3(C4CCCCCCCC4)CNN(CC4CCC4)C3C2)cc1)N1CCN(C(=O)C2(O)CC2)CC1. The van der Waals surface area contributed by atoms with E-state index in [4.69, 9.17) is 0 Å². The third-order valence-corrected chi connectivity index (χ3v) is 12.6. The summed E-state index contributed by atoms with van der Waals surface area (Å²) in [5.74, 6) is 2.16. The third kappa shape index (κ3) is 6.03. The van der Waals surface area contributed by atoms with E-state index in [1.807, 2.05) is 17.0 Å². The Morgan fingerprint density at radius 3 is 2.07 bits per heavy atom. The van der Waals surface area contributed by atoms with E-state index in [9.17, 15) is 14.7 Å². The maximum Gasteiger partial charge on any atom is 0.254 e. The van der Waals surface area contributed by atoms with E-state index in [-0.39, 0.29) is 11.8 Å². The quantitative estimate of drug-likeness (QED) is 0.458. The van der Waals surface area contributed by atoms with Crippen LogP contribution in [0, 0.1) is 17.3 Å². The summed E-state index contributed by atoms with van der Waals surface area (Å²) in [6.45, 7) is 4.45. The lowest BCUT2D eigenvalue weighted by Crippen LogP contribution is -2.53. The van der Waals surface area contributed by atoms with E-state index in [0.717, 1.165) is 17.4 Å². The maximum absolute atomic E-state index is 13.4. The fourth-order valence-corrected chi connectivity index (χ4v) is 9.33. The Morgan fingerprint density at radius 2 is 1.44 bits per heavy atom. The summed E-state index contributed by atoms with van der Waals surface area (Å²) >= 11 is 0. The Balaban J connectivity index is 1.01. The van der Waals surface area contributed by atoms with Crippen LogP contribution in [0.2, 0.25) is 0 Å². The van der Waals surface area contributed by atoms with Gasteiger partial charge in [-0.1, -0.05) is 57.1 Å². The van der Waals surface area contributed by atoms with Crippen LogP contribution in [-0.2, 0) is 4.79 Å². The fraction of sp³-hybridized carbons (Fsp3) is 0.778. The highest BCUT2D eigenvalue weighted by Gasteiger charge is 2.54. The lowest BCUT2D eigenvalue weighted by molar-refractivity contribution is -0.143. The number of benzene rings is 1. The molecule has 6 aliphatic rings. The zero-order valence-electron chi connectivity index (χ0n) is 26.3. The van der Waals surface area contributed by atoms with Crippen molar-refractivity contribution in [3.05, 3.63) is 35.4 Å². The van der Waals surface area contributed by atoms with E-state index >= 15 is 0 Å². The Bertz CT molecular complexity index is 1130. The molecule has 0 spiro atoms. The van der Waals surface area contributed by atoms with Crippen molar-refractivity contribution in [2.45, 2.75) is 120 Å². The van der Waals surface area contributed by atoms with Crippen molar-refractivity contribution < 1.29 is 14.7 Å². The van der Waals surface area contributed by atoms with Crippen LogP contribution in [0.3, 0.4) is 0 Å². The van der Waals surface area contributed by atoms with Gasteiger partial charge in [0.25, 0.3) is 11.8 Å². The minimum Gasteiger partial charge on any atom is -0.380 e. The van der Waals surface area contributed by atoms with Crippen LogP contribution in [0.25, 0.3) is 0 Å². The minimum absolute atomic E-state index is 0.0540. The van der Waals surface area contributed by atoms with Crippen LogP contribution in [0.5, 0.6) is 0 Å². The van der Waals surface area contributed by atoms with Crippen molar-refractivity contribution >= 4 is 11.8 Å². The molecule has 0 radical (unpaired) electrons. The molecular weight excluding hydrogens is 536 g/mol. The van der Waals surface area contributed by atoms with Crippen LogP contribution in [-0.4, -0.2) is 82.6 Å². The van der Waals surface area contributed by atoms with Crippen molar-refractivity contribution in [3.63, 3.8) is 0 Å². The number of hydrazine groups is 1. The first-order valence-electron chi connectivity index (χ1n) is 17.9. The highest BCUT2D eigenvalue weighted by molar-refractivity contribution is 5.94. The van der Waals surface area contributed by atoms with Gasteiger partial charge in [-0.2, -0.15) is 0 Å². The number of fused-ring (bicyclic) bond motifs is 1. The van der Waals surface area contributed by atoms with Crippen LogP contribution in [0.15, 0.2) is 24.3 Å². The predicted octanol–water partition coefficient (Wildman–Crippen LogP) is 5.49. The Labute approximate surface area is 258 Å². The van der Waals surface area contributed by atoms with Crippen LogP contribution < -0.4 is 5.43 Å². The highest BCUT2D eigenvalue weighted by Crippen LogP contribution is 2.54. The van der Waals surface area contributed by atoms with Gasteiger partial charge >= 0.3 is 0 Å². The standard InChI is InChI=1S/C36H54N4O3/c41-33(38-20-22-39(23-21-38)34(42)36(43)18-19-36)29-14-12-28(13-15-29)30-16-17-35(31-10-5-3-1-2-4-6-11-31)26-37-40(32(35)24-30)25-27-8-7-9-27/h12-15,27,30-32,37,43H,1-11,16-26H2. The molecule has 7 nitrogen and oxygen atoms in total. The van der Waals surface area contributed by atoms with Gasteiger partial charge in [-0.25, -0.2) is 5.01 Å². The third-order valence-electron chi connectivity index (χ3n) is 12.6. The van der Waals surface area contributed by atoms with Crippen molar-refractivity contribution in [1.82, 2.24) is 20.2 Å². The summed E-state index contributed by atoms with van der Waals surface area (Å²) in [6, 6.07) is 9.16. The summed E-state index contributed by atoms with van der Waals surface area (Å²) in [5, 5.41) is 12.9. The maximum atomic E-state index is 13.4. The molecule has 2 saturated heterocycles. The minimum atomic E-state index is -1.13. The summed E-state index contributed by atoms with van der Waals surface area (Å²) in [7, 11) is 0. The van der Waals surface area contributed by atoms with Gasteiger partial charge in [0.05, 0.1) is 0 Å². The normalized spacial score (nSPS) is 32.3. The summed E-state index contributed by atoms with van der Waals surface area (Å²) in [5.41, 5.74) is 5.41. The van der Waals surface area contributed by atoms with E-state index in [1.54, 1.807) is 4.90 Å². The smallest absolute Gasteiger partial charge is 0.254 e. The van der Waals surface area contributed by atoms with Crippen molar-refractivity contribution in [3.8, 4) is 0 Å². The average Bonchev–Trinajstić information content (AvgIpc) is 3.62. The number of carbonyl (C=O) groups excluding carboxylic acids is 2. The number of amides is 2. The summed E-state index contributed by atoms with van der Waals surface area (Å²) < 4.78 is 0. The summed E-state index contributed by atoms with van der Waals surface area (Å²) in [6.07, 6.45) is 20.5. The van der Waals surface area contributed by atoms with Gasteiger partial charge in [-0.05, 0) is 93.2 Å². The molecule has 2 heterocycles. The molecule has 7 rings (SSSR count). The van der Waals surface area contributed by atoms with Gasteiger partial charge in [0.2, 0.25) is 0 Å². The zero-order valence-corrected chi connectivity index (χ0v) is 26.3. The molecule has 1 aromatic rings. The first-order chi connectivity index (χ1) is 21.0. The molecule has 3 atom stereocenters. The van der Waals surface area contributed by atoms with Crippen molar-refractivity contribution in [1.29, 1.82) is 0 Å². The van der Waals surface area contributed by atoms with E-state index in [1.165, 1.54) is 109 Å². The Hall–Kier alpha value is -1.96. The van der Waals surface area contributed by atoms with E-state index < -0.39 is 5.60 Å². The number of hydrogen-bond donors (Lipinski definition) is 2. The summed E-state index contributed by atoms with van der Waals surface area (Å²) in [4.78, 5) is 29.4. The Kier molecular flexibility index (Phi) is 8.60.